The third kappa shape index (κ3) is 3.22. The lowest BCUT2D eigenvalue weighted by Crippen LogP contribution is -2.36. The number of benzene rings is 1. The molecule has 0 aliphatic heterocycles. The molecule has 1 rings (SSSR count). The van der Waals surface area contributed by atoms with Gasteiger partial charge in [0.2, 0.25) is 5.91 Å². The van der Waals surface area contributed by atoms with Crippen LogP contribution in [0.5, 0.6) is 0 Å². The number of hydrogen-bond acceptors (Lipinski definition) is 3. The van der Waals surface area contributed by atoms with Crippen molar-refractivity contribution in [3.63, 3.8) is 0 Å². The van der Waals surface area contributed by atoms with E-state index in [1.54, 1.807) is 31.1 Å². The van der Waals surface area contributed by atoms with E-state index in [9.17, 15) is 4.79 Å². The first-order valence-corrected chi connectivity index (χ1v) is 5.44. The highest BCUT2D eigenvalue weighted by atomic mass is 16.2. The number of carbonyl (C=O) groups excluding carboxylic acids is 1. The Hall–Kier alpha value is -2.02. The topological polar surface area (TPSA) is 56.1 Å². The molecule has 0 bridgehead atoms. The molecule has 0 aliphatic rings. The maximum absolute atomic E-state index is 11.7. The van der Waals surface area contributed by atoms with Crippen molar-refractivity contribution in [3.8, 4) is 6.07 Å². The van der Waals surface area contributed by atoms with Crippen molar-refractivity contribution in [3.05, 3.63) is 29.3 Å². The van der Waals surface area contributed by atoms with Crippen LogP contribution in [0, 0.1) is 18.3 Å². The average Bonchev–Trinajstić information content (AvgIpc) is 2.30. The Labute approximate surface area is 102 Å². The molecule has 0 aromatic heterocycles. The average molecular weight is 231 g/mol. The summed E-state index contributed by atoms with van der Waals surface area (Å²) in [7, 11) is 3.46. The monoisotopic (exact) mass is 231 g/mol. The number of hydrogen-bond donors (Lipinski definition) is 1. The molecule has 1 aromatic carbocycles. The molecular weight excluding hydrogens is 214 g/mol. The summed E-state index contributed by atoms with van der Waals surface area (Å²) < 4.78 is 0. The molecule has 0 aliphatic carbocycles. The van der Waals surface area contributed by atoms with Crippen LogP contribution in [0.4, 0.5) is 5.69 Å². The minimum Gasteiger partial charge on any atom is -0.374 e. The molecule has 0 saturated carbocycles. The summed E-state index contributed by atoms with van der Waals surface area (Å²) >= 11 is 0. The van der Waals surface area contributed by atoms with E-state index >= 15 is 0 Å². The Balaban J connectivity index is 2.83. The summed E-state index contributed by atoms with van der Waals surface area (Å²) in [5.41, 5.74) is 2.47. The van der Waals surface area contributed by atoms with E-state index in [-0.39, 0.29) is 11.9 Å². The van der Waals surface area contributed by atoms with Gasteiger partial charge in [-0.1, -0.05) is 0 Å². The molecule has 90 valence electrons. The highest BCUT2D eigenvalue weighted by Gasteiger charge is 2.15. The lowest BCUT2D eigenvalue weighted by Gasteiger charge is -2.20. The van der Waals surface area contributed by atoms with Gasteiger partial charge in [-0.05, 0) is 37.6 Å². The summed E-state index contributed by atoms with van der Waals surface area (Å²) in [4.78, 5) is 13.2. The molecule has 0 saturated heterocycles. The first-order chi connectivity index (χ1) is 7.95. The number of nitriles is 1. The van der Waals surface area contributed by atoms with Gasteiger partial charge in [0.05, 0.1) is 11.6 Å². The third-order valence-electron chi connectivity index (χ3n) is 2.54. The SMILES string of the molecule is Cc1cc(C#N)ccc1NC(C)C(=O)N(C)C. The van der Waals surface area contributed by atoms with Gasteiger partial charge in [0, 0.05) is 19.8 Å². The van der Waals surface area contributed by atoms with Gasteiger partial charge in [0.1, 0.15) is 6.04 Å². The molecule has 0 spiro atoms. The Morgan fingerprint density at radius 1 is 1.47 bits per heavy atom. The molecule has 0 heterocycles. The summed E-state index contributed by atoms with van der Waals surface area (Å²) in [5.74, 6) is 0.0220. The highest BCUT2D eigenvalue weighted by Crippen LogP contribution is 2.17. The fourth-order valence-corrected chi connectivity index (χ4v) is 1.58. The highest BCUT2D eigenvalue weighted by molar-refractivity contribution is 5.84. The van der Waals surface area contributed by atoms with Crippen LogP contribution in [0.1, 0.15) is 18.1 Å². The number of anilines is 1. The largest absolute Gasteiger partial charge is 0.374 e. The number of likely N-dealkylation sites (N-methyl/N-ethyl adjacent to an activating group) is 1. The van der Waals surface area contributed by atoms with E-state index in [1.807, 2.05) is 19.9 Å². The number of nitrogens with zero attached hydrogens (tertiary/aromatic N) is 2. The number of carbonyl (C=O) groups is 1. The second-order valence-electron chi connectivity index (χ2n) is 4.24. The zero-order valence-electron chi connectivity index (χ0n) is 10.6. The van der Waals surface area contributed by atoms with Crippen LogP contribution in [0.15, 0.2) is 18.2 Å². The minimum atomic E-state index is -0.281. The molecule has 1 N–H and O–H groups in total. The van der Waals surface area contributed by atoms with Crippen LogP contribution in [0.3, 0.4) is 0 Å². The number of nitrogens with one attached hydrogen (secondary N) is 1. The standard InChI is InChI=1S/C13H17N3O/c1-9-7-11(8-14)5-6-12(9)15-10(2)13(17)16(3)4/h5-7,10,15H,1-4H3. The van der Waals surface area contributed by atoms with Crippen LogP contribution >= 0.6 is 0 Å². The van der Waals surface area contributed by atoms with Gasteiger partial charge in [-0.25, -0.2) is 0 Å². The zero-order chi connectivity index (χ0) is 13.0. The van der Waals surface area contributed by atoms with Crippen LogP contribution in [-0.4, -0.2) is 30.9 Å². The predicted octanol–water partition coefficient (Wildman–Crippen LogP) is 1.76. The maximum Gasteiger partial charge on any atom is 0.244 e. The van der Waals surface area contributed by atoms with Crippen molar-refractivity contribution >= 4 is 11.6 Å². The van der Waals surface area contributed by atoms with Crippen molar-refractivity contribution < 1.29 is 4.79 Å². The van der Waals surface area contributed by atoms with Crippen molar-refractivity contribution in [1.29, 1.82) is 5.26 Å². The fraction of sp³-hybridized carbons (Fsp3) is 0.385. The molecule has 1 unspecified atom stereocenters. The Kier molecular flexibility index (Phi) is 4.11. The Morgan fingerprint density at radius 2 is 2.12 bits per heavy atom. The normalized spacial score (nSPS) is 11.5. The second kappa shape index (κ2) is 5.35. The number of rotatable bonds is 3. The van der Waals surface area contributed by atoms with Crippen molar-refractivity contribution in [2.75, 3.05) is 19.4 Å². The first kappa shape index (κ1) is 13.0. The fourth-order valence-electron chi connectivity index (χ4n) is 1.58. The minimum absolute atomic E-state index is 0.0220. The molecule has 1 atom stereocenters. The lowest BCUT2D eigenvalue weighted by molar-refractivity contribution is -0.129. The van der Waals surface area contributed by atoms with Crippen LogP contribution in [0.25, 0.3) is 0 Å². The summed E-state index contributed by atoms with van der Waals surface area (Å²) in [6, 6.07) is 7.17. The molecule has 4 heteroatoms. The van der Waals surface area contributed by atoms with E-state index in [2.05, 4.69) is 11.4 Å². The van der Waals surface area contributed by atoms with Gasteiger partial charge >= 0.3 is 0 Å². The summed E-state index contributed by atoms with van der Waals surface area (Å²) in [6.07, 6.45) is 0. The lowest BCUT2D eigenvalue weighted by atomic mass is 10.1. The van der Waals surface area contributed by atoms with Crippen LogP contribution in [-0.2, 0) is 4.79 Å². The van der Waals surface area contributed by atoms with Gasteiger partial charge in [-0.2, -0.15) is 5.26 Å². The van der Waals surface area contributed by atoms with E-state index in [4.69, 9.17) is 5.26 Å². The molecule has 1 amide bonds. The summed E-state index contributed by atoms with van der Waals surface area (Å²) in [5, 5.41) is 11.9. The Morgan fingerprint density at radius 3 is 2.59 bits per heavy atom. The molecule has 4 nitrogen and oxygen atoms in total. The van der Waals surface area contributed by atoms with Crippen molar-refractivity contribution in [1.82, 2.24) is 4.90 Å². The smallest absolute Gasteiger partial charge is 0.244 e. The molecule has 0 radical (unpaired) electrons. The second-order valence-corrected chi connectivity index (χ2v) is 4.24. The van der Waals surface area contributed by atoms with E-state index < -0.39 is 0 Å². The van der Waals surface area contributed by atoms with Crippen molar-refractivity contribution in [2.45, 2.75) is 19.9 Å². The van der Waals surface area contributed by atoms with Crippen molar-refractivity contribution in [2.24, 2.45) is 0 Å². The Bertz CT molecular complexity index is 460. The molecular formula is C13H17N3O. The zero-order valence-corrected chi connectivity index (χ0v) is 10.6. The van der Waals surface area contributed by atoms with Gasteiger partial charge in [-0.3, -0.25) is 4.79 Å². The van der Waals surface area contributed by atoms with Crippen LogP contribution < -0.4 is 5.32 Å². The van der Waals surface area contributed by atoms with Gasteiger partial charge < -0.3 is 10.2 Å². The van der Waals surface area contributed by atoms with Gasteiger partial charge in [0.15, 0.2) is 0 Å². The third-order valence-corrected chi connectivity index (χ3v) is 2.54. The molecule has 1 aromatic rings. The van der Waals surface area contributed by atoms with E-state index in [0.717, 1.165) is 11.3 Å². The quantitative estimate of drug-likeness (QED) is 0.862. The van der Waals surface area contributed by atoms with Gasteiger partial charge in [0.25, 0.3) is 0 Å². The maximum atomic E-state index is 11.7. The van der Waals surface area contributed by atoms with Gasteiger partial charge in [-0.15, -0.1) is 0 Å². The number of amides is 1. The summed E-state index contributed by atoms with van der Waals surface area (Å²) in [6.45, 7) is 3.73. The molecule has 17 heavy (non-hydrogen) atoms. The van der Waals surface area contributed by atoms with E-state index in [1.165, 1.54) is 0 Å². The molecule has 0 fully saturated rings. The predicted molar refractivity (Wildman–Crippen MR) is 67.7 cm³/mol. The van der Waals surface area contributed by atoms with E-state index in [0.29, 0.717) is 5.56 Å². The van der Waals surface area contributed by atoms with Crippen LogP contribution in [0.2, 0.25) is 0 Å². The number of aryl methyl sites for hydroxylation is 1. The first-order valence-electron chi connectivity index (χ1n) is 5.44.